The van der Waals surface area contributed by atoms with Crippen LogP contribution in [-0.4, -0.2) is 55.4 Å². The van der Waals surface area contributed by atoms with E-state index in [4.69, 9.17) is 10.5 Å². The Labute approximate surface area is 199 Å². The van der Waals surface area contributed by atoms with Crippen molar-refractivity contribution >= 4 is 28.1 Å². The molecule has 0 fully saturated rings. The van der Waals surface area contributed by atoms with Gasteiger partial charge in [0.25, 0.3) is 5.91 Å². The first-order chi connectivity index (χ1) is 16.0. The van der Waals surface area contributed by atoms with Crippen LogP contribution in [0.15, 0.2) is 54.6 Å². The molecule has 1 aromatic heterocycles. The molecule has 0 radical (unpaired) electrons. The van der Waals surface area contributed by atoms with Gasteiger partial charge in [-0.1, -0.05) is 53.8 Å². The van der Waals surface area contributed by atoms with Gasteiger partial charge in [-0.2, -0.15) is 0 Å². The van der Waals surface area contributed by atoms with Gasteiger partial charge in [-0.15, -0.1) is 0 Å². The summed E-state index contributed by atoms with van der Waals surface area (Å²) in [4.78, 5) is 16.1. The van der Waals surface area contributed by atoms with Gasteiger partial charge in [-0.25, -0.2) is 10.3 Å². The van der Waals surface area contributed by atoms with Crippen LogP contribution in [0.5, 0.6) is 5.06 Å². The van der Waals surface area contributed by atoms with Crippen molar-refractivity contribution in [1.82, 2.24) is 10.3 Å². The summed E-state index contributed by atoms with van der Waals surface area (Å²) in [5.41, 5.74) is 6.93. The Balaban J connectivity index is 1.61. The summed E-state index contributed by atoms with van der Waals surface area (Å²) in [6.07, 6.45) is -1.89. The molecule has 0 spiro atoms. The molecule has 0 saturated heterocycles. The lowest BCUT2D eigenvalue weighted by molar-refractivity contribution is -0.320. The van der Waals surface area contributed by atoms with E-state index in [1.807, 2.05) is 5.32 Å². The van der Waals surface area contributed by atoms with Crippen LogP contribution in [0.2, 0.25) is 0 Å². The maximum atomic E-state index is 12.2. The van der Waals surface area contributed by atoms with Crippen molar-refractivity contribution in [2.24, 2.45) is 0 Å². The Morgan fingerprint density at radius 1 is 1.12 bits per heavy atom. The SMILES string of the molecule is COC(c1ccccc1)C(O)(O)NC(O)(O)Cc1ccc(NC(=O)Cc2nc(N)sc2O)cc1. The molecule has 0 aliphatic carbocycles. The highest BCUT2D eigenvalue weighted by molar-refractivity contribution is 7.17. The molecule has 0 saturated carbocycles. The summed E-state index contributed by atoms with van der Waals surface area (Å²) in [5, 5.41) is 56.0. The summed E-state index contributed by atoms with van der Waals surface area (Å²) >= 11 is 0.876. The summed E-state index contributed by atoms with van der Waals surface area (Å²) in [6.45, 7) is 0. The van der Waals surface area contributed by atoms with Crippen LogP contribution in [0.3, 0.4) is 0 Å². The Kier molecular flexibility index (Phi) is 7.84. The first-order valence-electron chi connectivity index (χ1n) is 10.1. The van der Waals surface area contributed by atoms with Crippen LogP contribution >= 0.6 is 11.3 Å². The van der Waals surface area contributed by atoms with E-state index in [1.165, 1.54) is 31.4 Å². The van der Waals surface area contributed by atoms with Crippen LogP contribution in [0, 0.1) is 0 Å². The van der Waals surface area contributed by atoms with E-state index in [0.717, 1.165) is 11.3 Å². The molecule has 12 heteroatoms. The van der Waals surface area contributed by atoms with Crippen molar-refractivity contribution < 1.29 is 35.1 Å². The fraction of sp³-hybridized carbons (Fsp3) is 0.273. The number of aromatic nitrogens is 1. The number of carbonyl (C=O) groups excluding carboxylic acids is 1. The van der Waals surface area contributed by atoms with Gasteiger partial charge in [0, 0.05) is 19.2 Å². The van der Waals surface area contributed by atoms with Crippen LogP contribution in [0.25, 0.3) is 0 Å². The van der Waals surface area contributed by atoms with E-state index < -0.39 is 30.3 Å². The molecule has 0 aliphatic heterocycles. The average Bonchev–Trinajstić information content (AvgIpc) is 3.06. The number of nitrogen functional groups attached to an aromatic ring is 1. The Morgan fingerprint density at radius 3 is 2.32 bits per heavy atom. The third-order valence-electron chi connectivity index (χ3n) is 4.80. The molecule has 1 unspecified atom stereocenters. The first kappa shape index (κ1) is 25.5. The second kappa shape index (κ2) is 10.4. The fourth-order valence-corrected chi connectivity index (χ4v) is 3.98. The number of benzene rings is 2. The van der Waals surface area contributed by atoms with Gasteiger partial charge < -0.3 is 41.3 Å². The van der Waals surface area contributed by atoms with Crippen molar-refractivity contribution in [1.29, 1.82) is 0 Å². The lowest BCUT2D eigenvalue weighted by atomic mass is 10.0. The van der Waals surface area contributed by atoms with Gasteiger partial charge in [0.2, 0.25) is 11.8 Å². The van der Waals surface area contributed by atoms with Gasteiger partial charge in [0.05, 0.1) is 6.42 Å². The van der Waals surface area contributed by atoms with Gasteiger partial charge >= 0.3 is 0 Å². The molecular formula is C22H26N4O7S. The fourth-order valence-electron chi connectivity index (χ4n) is 3.39. The number of thiazole rings is 1. The molecule has 34 heavy (non-hydrogen) atoms. The highest BCUT2D eigenvalue weighted by atomic mass is 32.1. The molecule has 3 rings (SSSR count). The van der Waals surface area contributed by atoms with Crippen molar-refractivity contribution in [2.45, 2.75) is 30.8 Å². The highest BCUT2D eigenvalue weighted by Gasteiger charge is 2.42. The predicted octanol–water partition coefficient (Wildman–Crippen LogP) is 0.409. The van der Waals surface area contributed by atoms with Gasteiger partial charge in [0.1, 0.15) is 5.69 Å². The second-order valence-corrected chi connectivity index (χ2v) is 8.61. The third kappa shape index (κ3) is 6.71. The number of methoxy groups -OCH3 is 1. The predicted molar refractivity (Wildman–Crippen MR) is 124 cm³/mol. The molecule has 3 aromatic rings. The molecule has 182 valence electrons. The number of hydrogen-bond donors (Lipinski definition) is 8. The number of nitrogens with one attached hydrogen (secondary N) is 2. The van der Waals surface area contributed by atoms with Gasteiger partial charge in [-0.3, -0.25) is 4.79 Å². The lowest BCUT2D eigenvalue weighted by Gasteiger charge is -2.36. The van der Waals surface area contributed by atoms with Gasteiger partial charge in [0.15, 0.2) is 16.3 Å². The number of ether oxygens (including phenoxy) is 1. The number of hydrogen-bond acceptors (Lipinski definition) is 11. The molecule has 1 atom stereocenters. The number of nitrogens with zero attached hydrogens (tertiary/aromatic N) is 1. The summed E-state index contributed by atoms with van der Waals surface area (Å²) in [5.74, 6) is -5.94. The Morgan fingerprint density at radius 2 is 1.76 bits per heavy atom. The highest BCUT2D eigenvalue weighted by Crippen LogP contribution is 2.28. The third-order valence-corrected chi connectivity index (χ3v) is 5.53. The zero-order valence-corrected chi connectivity index (χ0v) is 19.0. The van der Waals surface area contributed by atoms with Crippen molar-refractivity contribution in [2.75, 3.05) is 18.2 Å². The quantitative estimate of drug-likeness (QED) is 0.185. The maximum absolute atomic E-state index is 12.2. The molecular weight excluding hydrogens is 464 g/mol. The van der Waals surface area contributed by atoms with Gasteiger partial charge in [-0.05, 0) is 23.3 Å². The molecule has 1 heterocycles. The van der Waals surface area contributed by atoms with Crippen LogP contribution in [-0.2, 0) is 22.4 Å². The minimum absolute atomic E-state index is 0.121. The number of aromatic hydroxyl groups is 1. The molecule has 11 nitrogen and oxygen atoms in total. The van der Waals surface area contributed by atoms with E-state index >= 15 is 0 Å². The zero-order valence-electron chi connectivity index (χ0n) is 18.2. The lowest BCUT2D eigenvalue weighted by Crippen LogP contribution is -2.62. The van der Waals surface area contributed by atoms with Crippen molar-refractivity contribution in [3.05, 3.63) is 71.4 Å². The topological polar surface area (TPSA) is 190 Å². The number of aliphatic hydroxyl groups is 4. The zero-order chi connectivity index (χ0) is 24.9. The van der Waals surface area contributed by atoms with Crippen LogP contribution in [0.1, 0.15) is 22.9 Å². The van der Waals surface area contributed by atoms with Crippen molar-refractivity contribution in [3.63, 3.8) is 0 Å². The maximum Gasteiger partial charge on any atom is 0.258 e. The van der Waals surface area contributed by atoms with E-state index in [2.05, 4.69) is 10.3 Å². The molecule has 2 aromatic carbocycles. The van der Waals surface area contributed by atoms with Crippen molar-refractivity contribution in [3.8, 4) is 5.06 Å². The number of carbonyl (C=O) groups is 1. The Hall–Kier alpha value is -3.10. The average molecular weight is 491 g/mol. The first-order valence-corrected chi connectivity index (χ1v) is 10.9. The smallest absolute Gasteiger partial charge is 0.258 e. The van der Waals surface area contributed by atoms with E-state index in [-0.39, 0.29) is 22.3 Å². The monoisotopic (exact) mass is 490 g/mol. The molecule has 0 bridgehead atoms. The standard InChI is InChI=1S/C22H26N4O7S/c1-33-18(14-5-3-2-4-6-14)22(31,32)26-21(29,30)12-13-7-9-15(10-8-13)24-17(27)11-16-19(28)34-20(23)25-16/h2-10,18,26,28-32H,11-12H2,1H3,(H2,23,25)(H,24,27). The summed E-state index contributed by atoms with van der Waals surface area (Å²) in [7, 11) is 1.26. The second-order valence-electron chi connectivity index (χ2n) is 7.60. The molecule has 0 aliphatic rings. The normalized spacial score (nSPS) is 13.0. The van der Waals surface area contributed by atoms with Crippen LogP contribution in [0.4, 0.5) is 10.8 Å². The minimum atomic E-state index is -2.81. The van der Waals surface area contributed by atoms with E-state index in [0.29, 0.717) is 16.8 Å². The summed E-state index contributed by atoms with van der Waals surface area (Å²) < 4.78 is 5.15. The molecule has 1 amide bonds. The number of anilines is 2. The Bertz CT molecular complexity index is 1100. The summed E-state index contributed by atoms with van der Waals surface area (Å²) in [6, 6.07) is 14.4. The van der Waals surface area contributed by atoms with E-state index in [1.54, 1.807) is 30.3 Å². The van der Waals surface area contributed by atoms with E-state index in [9.17, 15) is 30.3 Å². The number of rotatable bonds is 10. The largest absolute Gasteiger partial charge is 0.498 e. The molecule has 9 N–H and O–H groups in total. The number of amides is 1. The van der Waals surface area contributed by atoms with Crippen LogP contribution < -0.4 is 16.4 Å². The minimum Gasteiger partial charge on any atom is -0.498 e. The number of nitrogens with two attached hydrogens (primary N) is 1.